The molecule has 0 aliphatic heterocycles. The summed E-state index contributed by atoms with van der Waals surface area (Å²) in [7, 11) is 0. The topological polar surface area (TPSA) is 58.9 Å². The minimum absolute atomic E-state index is 0.0175. The Hall–Kier alpha value is -2.04. The van der Waals surface area contributed by atoms with Gasteiger partial charge in [-0.25, -0.2) is 0 Å². The zero-order valence-electron chi connectivity index (χ0n) is 18.4. The standard InChI is InChI=1S/C25H36O4/c1-6-19(22-11-7-9-20(17(2)3)24(22)28-15-13-26)23-12-8-10-21(18(4)5)25(23)29-16-14-27/h7-12,17-19,26-27H,6,13-16H2,1-5H3. The lowest BCUT2D eigenvalue weighted by Gasteiger charge is -2.26. The van der Waals surface area contributed by atoms with Crippen molar-refractivity contribution in [1.29, 1.82) is 0 Å². The van der Waals surface area contributed by atoms with Crippen LogP contribution in [0.2, 0.25) is 0 Å². The van der Waals surface area contributed by atoms with Gasteiger partial charge in [0.25, 0.3) is 0 Å². The van der Waals surface area contributed by atoms with E-state index in [0.717, 1.165) is 40.2 Å². The van der Waals surface area contributed by atoms with Crippen molar-refractivity contribution in [3.8, 4) is 11.5 Å². The van der Waals surface area contributed by atoms with Gasteiger partial charge >= 0.3 is 0 Å². The summed E-state index contributed by atoms with van der Waals surface area (Å²) >= 11 is 0. The number of hydrogen-bond acceptors (Lipinski definition) is 4. The summed E-state index contributed by atoms with van der Waals surface area (Å²) in [5.41, 5.74) is 4.52. The molecule has 0 atom stereocenters. The van der Waals surface area contributed by atoms with Crippen LogP contribution in [0.1, 0.15) is 81.0 Å². The predicted molar refractivity (Wildman–Crippen MR) is 118 cm³/mol. The third-order valence-corrected chi connectivity index (χ3v) is 5.23. The summed E-state index contributed by atoms with van der Waals surface area (Å²) < 4.78 is 12.1. The fourth-order valence-electron chi connectivity index (χ4n) is 3.84. The fraction of sp³-hybridized carbons (Fsp3) is 0.520. The molecule has 0 aliphatic carbocycles. The molecule has 0 heterocycles. The molecule has 29 heavy (non-hydrogen) atoms. The lowest BCUT2D eigenvalue weighted by Crippen LogP contribution is -2.13. The van der Waals surface area contributed by atoms with Crippen molar-refractivity contribution < 1.29 is 19.7 Å². The first-order valence-corrected chi connectivity index (χ1v) is 10.7. The summed E-state index contributed by atoms with van der Waals surface area (Å²) in [6, 6.07) is 12.6. The summed E-state index contributed by atoms with van der Waals surface area (Å²) in [6.07, 6.45) is 0.883. The number of hydrogen-bond donors (Lipinski definition) is 2. The molecule has 160 valence electrons. The van der Waals surface area contributed by atoms with Gasteiger partial charge in [0.05, 0.1) is 13.2 Å². The maximum absolute atomic E-state index is 9.33. The highest BCUT2D eigenvalue weighted by atomic mass is 16.5. The number of para-hydroxylation sites is 2. The van der Waals surface area contributed by atoms with E-state index in [2.05, 4.69) is 71.0 Å². The first kappa shape index (κ1) is 23.2. The highest BCUT2D eigenvalue weighted by Crippen LogP contribution is 2.43. The number of benzene rings is 2. The molecule has 0 saturated carbocycles. The number of aliphatic hydroxyl groups is 2. The van der Waals surface area contributed by atoms with Gasteiger partial charge in [0.15, 0.2) is 0 Å². The van der Waals surface area contributed by atoms with Crippen LogP contribution >= 0.6 is 0 Å². The molecular weight excluding hydrogens is 364 g/mol. The molecule has 0 saturated heterocycles. The molecule has 2 aromatic carbocycles. The number of aliphatic hydroxyl groups excluding tert-OH is 2. The Bertz CT molecular complexity index is 704. The van der Waals surface area contributed by atoms with Crippen molar-refractivity contribution in [3.63, 3.8) is 0 Å². The van der Waals surface area contributed by atoms with Crippen LogP contribution in [-0.2, 0) is 0 Å². The lowest BCUT2D eigenvalue weighted by molar-refractivity contribution is 0.196. The Morgan fingerprint density at radius 2 is 1.07 bits per heavy atom. The molecule has 2 aromatic rings. The van der Waals surface area contributed by atoms with Crippen LogP contribution in [0.5, 0.6) is 11.5 Å². The van der Waals surface area contributed by atoms with Gasteiger partial charge in [-0.15, -0.1) is 0 Å². The van der Waals surface area contributed by atoms with Crippen molar-refractivity contribution >= 4 is 0 Å². The van der Waals surface area contributed by atoms with Crippen LogP contribution in [0.15, 0.2) is 36.4 Å². The monoisotopic (exact) mass is 400 g/mol. The quantitative estimate of drug-likeness (QED) is 0.543. The Balaban J connectivity index is 2.65. The second-order valence-electron chi connectivity index (χ2n) is 7.95. The average molecular weight is 401 g/mol. The van der Waals surface area contributed by atoms with Gasteiger partial charge in [0, 0.05) is 17.0 Å². The van der Waals surface area contributed by atoms with Crippen LogP contribution in [0, 0.1) is 0 Å². The molecule has 0 unspecified atom stereocenters. The van der Waals surface area contributed by atoms with E-state index in [1.165, 1.54) is 0 Å². The molecule has 2 N–H and O–H groups in total. The molecule has 4 heteroatoms. The largest absolute Gasteiger partial charge is 0.491 e. The summed E-state index contributed by atoms with van der Waals surface area (Å²) in [5, 5.41) is 18.7. The summed E-state index contributed by atoms with van der Waals surface area (Å²) in [6.45, 7) is 11.3. The van der Waals surface area contributed by atoms with Crippen molar-refractivity contribution in [3.05, 3.63) is 58.7 Å². The van der Waals surface area contributed by atoms with Gasteiger partial charge in [-0.3, -0.25) is 0 Å². The molecule has 2 rings (SSSR count). The van der Waals surface area contributed by atoms with Gasteiger partial charge in [0.1, 0.15) is 24.7 Å². The lowest BCUT2D eigenvalue weighted by atomic mass is 9.83. The van der Waals surface area contributed by atoms with Crippen LogP contribution in [0.3, 0.4) is 0 Å². The number of ether oxygens (including phenoxy) is 2. The molecule has 0 fully saturated rings. The SMILES string of the molecule is CCC(c1cccc(C(C)C)c1OCCO)c1cccc(C(C)C)c1OCCO. The van der Waals surface area contributed by atoms with Crippen molar-refractivity contribution in [1.82, 2.24) is 0 Å². The van der Waals surface area contributed by atoms with Gasteiger partial charge in [-0.05, 0) is 29.4 Å². The van der Waals surface area contributed by atoms with Gasteiger partial charge < -0.3 is 19.7 Å². The minimum Gasteiger partial charge on any atom is -0.491 e. The normalized spacial score (nSPS) is 11.5. The van der Waals surface area contributed by atoms with E-state index in [0.29, 0.717) is 11.8 Å². The third-order valence-electron chi connectivity index (χ3n) is 5.23. The van der Waals surface area contributed by atoms with E-state index in [-0.39, 0.29) is 32.3 Å². The molecule has 0 aliphatic rings. The Kier molecular flexibility index (Phi) is 8.99. The van der Waals surface area contributed by atoms with Gasteiger partial charge in [-0.2, -0.15) is 0 Å². The van der Waals surface area contributed by atoms with Crippen LogP contribution < -0.4 is 9.47 Å². The summed E-state index contributed by atoms with van der Waals surface area (Å²) in [5.74, 6) is 2.45. The highest BCUT2D eigenvalue weighted by molar-refractivity contribution is 5.53. The van der Waals surface area contributed by atoms with Crippen molar-refractivity contribution in [2.24, 2.45) is 0 Å². The molecule has 0 spiro atoms. The Morgan fingerprint density at radius 3 is 1.38 bits per heavy atom. The molecule has 0 aromatic heterocycles. The first-order chi connectivity index (χ1) is 14.0. The molecular formula is C25H36O4. The van der Waals surface area contributed by atoms with Gasteiger partial charge in [-0.1, -0.05) is 71.0 Å². The zero-order chi connectivity index (χ0) is 21.4. The number of rotatable bonds is 11. The molecule has 0 bridgehead atoms. The third kappa shape index (κ3) is 5.52. The van der Waals surface area contributed by atoms with E-state index in [1.807, 2.05) is 0 Å². The second kappa shape index (κ2) is 11.2. The molecule has 0 amide bonds. The van der Waals surface area contributed by atoms with Crippen LogP contribution in [-0.4, -0.2) is 36.6 Å². The minimum atomic E-state index is -0.0175. The van der Waals surface area contributed by atoms with Crippen LogP contribution in [0.25, 0.3) is 0 Å². The Labute approximate surface area is 175 Å². The first-order valence-electron chi connectivity index (χ1n) is 10.7. The van der Waals surface area contributed by atoms with E-state index in [9.17, 15) is 10.2 Å². The van der Waals surface area contributed by atoms with E-state index in [4.69, 9.17) is 9.47 Å². The zero-order valence-corrected chi connectivity index (χ0v) is 18.4. The van der Waals surface area contributed by atoms with Crippen molar-refractivity contribution in [2.45, 2.75) is 58.8 Å². The molecule has 4 nitrogen and oxygen atoms in total. The smallest absolute Gasteiger partial charge is 0.126 e. The fourth-order valence-corrected chi connectivity index (χ4v) is 3.84. The maximum atomic E-state index is 9.33. The van der Waals surface area contributed by atoms with E-state index < -0.39 is 0 Å². The summed E-state index contributed by atoms with van der Waals surface area (Å²) in [4.78, 5) is 0. The van der Waals surface area contributed by atoms with E-state index in [1.54, 1.807) is 0 Å². The van der Waals surface area contributed by atoms with Crippen molar-refractivity contribution in [2.75, 3.05) is 26.4 Å². The predicted octanol–water partition coefficient (Wildman–Crippen LogP) is 5.22. The maximum Gasteiger partial charge on any atom is 0.126 e. The average Bonchev–Trinajstić information content (AvgIpc) is 2.71. The van der Waals surface area contributed by atoms with Gasteiger partial charge in [0.2, 0.25) is 0 Å². The van der Waals surface area contributed by atoms with Crippen LogP contribution in [0.4, 0.5) is 0 Å². The van der Waals surface area contributed by atoms with E-state index >= 15 is 0 Å². The molecule has 0 radical (unpaired) electrons. The second-order valence-corrected chi connectivity index (χ2v) is 7.95. The highest BCUT2D eigenvalue weighted by Gasteiger charge is 2.25. The Morgan fingerprint density at radius 1 is 0.690 bits per heavy atom.